The van der Waals surface area contributed by atoms with Crippen LogP contribution in [-0.4, -0.2) is 41.3 Å². The van der Waals surface area contributed by atoms with E-state index in [2.05, 4.69) is 20.8 Å². The number of aliphatic hydroxyl groups is 2. The Labute approximate surface area is 193 Å². The van der Waals surface area contributed by atoms with Gasteiger partial charge in [0.15, 0.2) is 0 Å². The first-order chi connectivity index (χ1) is 15.0. The molecule has 2 N–H and O–H groups in total. The van der Waals surface area contributed by atoms with Gasteiger partial charge in [-0.1, -0.05) is 20.8 Å². The molecule has 4 aliphatic carbocycles. The lowest BCUT2D eigenvalue weighted by Gasteiger charge is -2.62. The Morgan fingerprint density at radius 2 is 1.72 bits per heavy atom. The molecule has 0 amide bonds. The fourth-order valence-corrected chi connectivity index (χ4v) is 9.26. The zero-order valence-corrected chi connectivity index (χ0v) is 20.7. The Morgan fingerprint density at radius 3 is 2.38 bits per heavy atom. The molecule has 4 saturated carbocycles. The number of carbonyl (C=O) groups excluding carboxylic acids is 2. The third-order valence-electron chi connectivity index (χ3n) is 10.9. The molecule has 11 atom stereocenters. The normalized spacial score (nSPS) is 47.7. The van der Waals surface area contributed by atoms with Gasteiger partial charge in [-0.3, -0.25) is 9.59 Å². The second-order valence-corrected chi connectivity index (χ2v) is 12.3. The first-order valence-corrected chi connectivity index (χ1v) is 13.0. The summed E-state index contributed by atoms with van der Waals surface area (Å²) in [7, 11) is 1.45. The second-order valence-electron chi connectivity index (χ2n) is 12.3. The summed E-state index contributed by atoms with van der Waals surface area (Å²) in [5, 5.41) is 21.1. The van der Waals surface area contributed by atoms with Gasteiger partial charge in [0.05, 0.1) is 19.3 Å². The van der Waals surface area contributed by atoms with Gasteiger partial charge in [-0.2, -0.15) is 0 Å². The van der Waals surface area contributed by atoms with Crippen molar-refractivity contribution in [2.45, 2.75) is 97.7 Å². The number of ketones is 1. The number of ether oxygens (including phenoxy) is 1. The molecule has 0 aromatic rings. The van der Waals surface area contributed by atoms with E-state index in [0.29, 0.717) is 36.5 Å². The van der Waals surface area contributed by atoms with Crippen LogP contribution in [0.1, 0.15) is 85.5 Å². The van der Waals surface area contributed by atoms with Crippen LogP contribution in [0.3, 0.4) is 0 Å². The molecule has 4 rings (SSSR count). The van der Waals surface area contributed by atoms with Crippen LogP contribution in [0.15, 0.2) is 0 Å². The maximum atomic E-state index is 14.0. The molecule has 32 heavy (non-hydrogen) atoms. The maximum Gasteiger partial charge on any atom is 0.305 e. The molecular weight excluding hydrogens is 404 g/mol. The van der Waals surface area contributed by atoms with E-state index in [1.54, 1.807) is 6.92 Å². The standard InChI is InChI=1S/C27H44O5/c1-15(6-9-22(30)32-5)18-7-8-19-24-20(11-13-26(18,19)3)27(4)12-10-17(29)14-21(27)23(16(2)28)25(24)31/h15-21,23-24,28-29H,6-14H2,1-5H3/t15-,16?,17-,18?,19?,20?,21+,23?,24+,26-,27-/m1/s1. The minimum absolute atomic E-state index is 0.0232. The monoisotopic (exact) mass is 448 g/mol. The number of hydrogen-bond acceptors (Lipinski definition) is 5. The third kappa shape index (κ3) is 3.66. The van der Waals surface area contributed by atoms with Gasteiger partial charge < -0.3 is 14.9 Å². The van der Waals surface area contributed by atoms with Gasteiger partial charge in [-0.25, -0.2) is 0 Å². The van der Waals surface area contributed by atoms with Crippen LogP contribution in [0, 0.1) is 52.3 Å². The van der Waals surface area contributed by atoms with E-state index in [-0.39, 0.29) is 46.4 Å². The Bertz CT molecular complexity index is 734. The van der Waals surface area contributed by atoms with Gasteiger partial charge in [-0.05, 0) is 98.7 Å². The second kappa shape index (κ2) is 8.69. The Hall–Kier alpha value is -0.940. The average molecular weight is 449 g/mol. The predicted molar refractivity (Wildman–Crippen MR) is 123 cm³/mol. The smallest absolute Gasteiger partial charge is 0.305 e. The number of fused-ring (bicyclic) bond motifs is 5. The molecule has 0 saturated heterocycles. The largest absolute Gasteiger partial charge is 0.469 e. The number of Topliss-reactive ketones (excluding diaryl/α,β-unsaturated/α-hetero) is 1. The summed E-state index contributed by atoms with van der Waals surface area (Å²) in [5.74, 6) is 1.59. The van der Waals surface area contributed by atoms with Crippen molar-refractivity contribution in [1.82, 2.24) is 0 Å². The number of carbonyl (C=O) groups is 2. The molecule has 0 spiro atoms. The lowest BCUT2D eigenvalue weighted by Crippen LogP contribution is -2.62. The maximum absolute atomic E-state index is 14.0. The van der Waals surface area contributed by atoms with Gasteiger partial charge in [0, 0.05) is 18.3 Å². The van der Waals surface area contributed by atoms with E-state index in [1.807, 2.05) is 0 Å². The van der Waals surface area contributed by atoms with Gasteiger partial charge in [0.1, 0.15) is 5.78 Å². The molecule has 0 radical (unpaired) electrons. The van der Waals surface area contributed by atoms with E-state index in [0.717, 1.165) is 44.9 Å². The Morgan fingerprint density at radius 1 is 1.06 bits per heavy atom. The van der Waals surface area contributed by atoms with Crippen LogP contribution in [0.2, 0.25) is 0 Å². The van der Waals surface area contributed by atoms with Crippen LogP contribution in [0.4, 0.5) is 0 Å². The SMILES string of the molecule is COC(=O)CC[C@@H](C)C1CCC2[C@@H]3C(=O)C(C(C)O)[C@@H]4C[C@H](O)CC[C@]4(C)C3CC[C@@]21C. The van der Waals surface area contributed by atoms with Crippen molar-refractivity contribution in [3.63, 3.8) is 0 Å². The van der Waals surface area contributed by atoms with Crippen molar-refractivity contribution in [2.24, 2.45) is 52.3 Å². The quantitative estimate of drug-likeness (QED) is 0.610. The van der Waals surface area contributed by atoms with Crippen molar-refractivity contribution >= 4 is 11.8 Å². The van der Waals surface area contributed by atoms with Gasteiger partial charge in [0.25, 0.3) is 0 Å². The topological polar surface area (TPSA) is 83.8 Å². The fraction of sp³-hybridized carbons (Fsp3) is 0.926. The summed E-state index contributed by atoms with van der Waals surface area (Å²) >= 11 is 0. The van der Waals surface area contributed by atoms with E-state index < -0.39 is 6.10 Å². The molecule has 0 heterocycles. The first-order valence-electron chi connectivity index (χ1n) is 13.0. The number of hydrogen-bond donors (Lipinski definition) is 2. The van der Waals surface area contributed by atoms with E-state index >= 15 is 0 Å². The highest BCUT2D eigenvalue weighted by molar-refractivity contribution is 5.86. The van der Waals surface area contributed by atoms with Crippen molar-refractivity contribution in [3.8, 4) is 0 Å². The minimum atomic E-state index is -0.664. The van der Waals surface area contributed by atoms with E-state index in [4.69, 9.17) is 4.74 Å². The number of esters is 1. The third-order valence-corrected chi connectivity index (χ3v) is 10.9. The van der Waals surface area contributed by atoms with E-state index in [9.17, 15) is 19.8 Å². The molecule has 4 fully saturated rings. The van der Waals surface area contributed by atoms with Crippen molar-refractivity contribution in [2.75, 3.05) is 7.11 Å². The van der Waals surface area contributed by atoms with Crippen LogP contribution < -0.4 is 0 Å². The summed E-state index contributed by atoms with van der Waals surface area (Å²) in [6.45, 7) is 8.81. The number of methoxy groups -OCH3 is 1. The number of rotatable bonds is 5. The summed E-state index contributed by atoms with van der Waals surface area (Å²) < 4.78 is 4.86. The highest BCUT2D eigenvalue weighted by Crippen LogP contribution is 2.68. The minimum Gasteiger partial charge on any atom is -0.469 e. The fourth-order valence-electron chi connectivity index (χ4n) is 9.26. The first kappa shape index (κ1) is 24.2. The molecule has 0 bridgehead atoms. The lowest BCUT2D eigenvalue weighted by molar-refractivity contribution is -0.181. The molecule has 4 aliphatic rings. The number of aliphatic hydroxyl groups excluding tert-OH is 2. The van der Waals surface area contributed by atoms with Crippen LogP contribution in [-0.2, 0) is 14.3 Å². The molecule has 0 aromatic heterocycles. The highest BCUT2D eigenvalue weighted by atomic mass is 16.5. The van der Waals surface area contributed by atoms with Crippen molar-refractivity contribution in [1.29, 1.82) is 0 Å². The zero-order valence-electron chi connectivity index (χ0n) is 20.7. The van der Waals surface area contributed by atoms with Crippen LogP contribution >= 0.6 is 0 Å². The summed E-state index contributed by atoms with van der Waals surface area (Å²) in [4.78, 5) is 25.7. The van der Waals surface area contributed by atoms with Gasteiger partial charge in [0.2, 0.25) is 0 Å². The molecule has 5 heteroatoms. The zero-order chi connectivity index (χ0) is 23.4. The molecule has 5 nitrogen and oxygen atoms in total. The molecule has 0 aliphatic heterocycles. The van der Waals surface area contributed by atoms with Gasteiger partial charge >= 0.3 is 5.97 Å². The molecule has 0 aromatic carbocycles. The van der Waals surface area contributed by atoms with Gasteiger partial charge in [-0.15, -0.1) is 0 Å². The highest BCUT2D eigenvalue weighted by Gasteiger charge is 2.65. The Balaban J connectivity index is 1.62. The molecule has 5 unspecified atom stereocenters. The van der Waals surface area contributed by atoms with Crippen LogP contribution in [0.25, 0.3) is 0 Å². The predicted octanol–water partition coefficient (Wildman–Crippen LogP) is 4.38. The van der Waals surface area contributed by atoms with Crippen molar-refractivity contribution in [3.05, 3.63) is 0 Å². The molecule has 182 valence electrons. The molecular formula is C27H44O5. The van der Waals surface area contributed by atoms with Crippen molar-refractivity contribution < 1.29 is 24.5 Å². The van der Waals surface area contributed by atoms with Crippen LogP contribution in [0.5, 0.6) is 0 Å². The summed E-state index contributed by atoms with van der Waals surface area (Å²) in [5.41, 5.74) is 0.141. The average Bonchev–Trinajstić information content (AvgIpc) is 3.10. The lowest BCUT2D eigenvalue weighted by atomic mass is 9.41. The Kier molecular flexibility index (Phi) is 6.57. The van der Waals surface area contributed by atoms with E-state index in [1.165, 1.54) is 7.11 Å². The summed E-state index contributed by atoms with van der Waals surface area (Å²) in [6.07, 6.45) is 7.12. The summed E-state index contributed by atoms with van der Waals surface area (Å²) in [6, 6.07) is 0.